The molecule has 0 radical (unpaired) electrons. The van der Waals surface area contributed by atoms with E-state index in [1.807, 2.05) is 12.1 Å². The van der Waals surface area contributed by atoms with Crippen molar-refractivity contribution in [2.45, 2.75) is 38.6 Å². The van der Waals surface area contributed by atoms with E-state index in [4.69, 9.17) is 14.5 Å². The van der Waals surface area contributed by atoms with Crippen molar-refractivity contribution in [2.75, 3.05) is 11.6 Å². The van der Waals surface area contributed by atoms with Crippen LogP contribution in [0.5, 0.6) is 5.75 Å². The molecule has 0 amide bonds. The van der Waals surface area contributed by atoms with Crippen LogP contribution in [0.4, 0.5) is 14.5 Å². The molecule has 1 atom stereocenters. The Morgan fingerprint density at radius 1 is 1.05 bits per heavy atom. The fraction of sp³-hybridized carbons (Fsp3) is 0.250. The molecule has 0 saturated heterocycles. The molecule has 0 aliphatic carbocycles. The van der Waals surface area contributed by atoms with Crippen LogP contribution in [0.2, 0.25) is 0 Å². The highest BCUT2D eigenvalue weighted by atomic mass is 19.1. The molecule has 2 aromatic carbocycles. The average Bonchev–Trinajstić information content (AvgIpc) is 3.27. The number of aromatic nitrogens is 2. The number of ether oxygens (including phenoxy) is 2. The van der Waals surface area contributed by atoms with Crippen molar-refractivity contribution in [3.8, 4) is 17.1 Å². The van der Waals surface area contributed by atoms with Gasteiger partial charge >= 0.3 is 5.97 Å². The Morgan fingerprint density at radius 3 is 2.68 bits per heavy atom. The number of esters is 1. The molecule has 0 unspecified atom stereocenters. The first-order valence-electron chi connectivity index (χ1n) is 12.2. The number of nitrogens with zero attached hydrogens (tertiary/aromatic N) is 3. The normalized spacial score (nSPS) is 19.4. The minimum absolute atomic E-state index is 0.0665. The third kappa shape index (κ3) is 3.06. The Labute approximate surface area is 214 Å². The molecule has 8 nitrogen and oxygen atoms in total. The number of benzene rings is 2. The zero-order valence-corrected chi connectivity index (χ0v) is 20.3. The first kappa shape index (κ1) is 22.9. The van der Waals surface area contributed by atoms with Crippen LogP contribution in [0.3, 0.4) is 0 Å². The van der Waals surface area contributed by atoms with Crippen LogP contribution in [0.1, 0.15) is 35.6 Å². The topological polar surface area (TPSA) is 93.9 Å². The number of cyclic esters (lactones) is 1. The molecule has 0 fully saturated rings. The van der Waals surface area contributed by atoms with Crippen molar-refractivity contribution in [2.24, 2.45) is 0 Å². The Balaban J connectivity index is 1.35. The predicted molar refractivity (Wildman–Crippen MR) is 133 cm³/mol. The zero-order chi connectivity index (χ0) is 26.3. The number of halogens is 2. The van der Waals surface area contributed by atoms with Gasteiger partial charge in [0.1, 0.15) is 24.0 Å². The van der Waals surface area contributed by atoms with Gasteiger partial charge in [-0.05, 0) is 42.8 Å². The maximum atomic E-state index is 14.5. The molecule has 192 valence electrons. The molecule has 0 saturated carbocycles. The number of carbonyl (C=O) groups excluding carboxylic acids is 1. The van der Waals surface area contributed by atoms with E-state index < -0.39 is 23.2 Å². The average molecular weight is 517 g/mol. The molecular formula is C28H21F2N3O5. The van der Waals surface area contributed by atoms with Crippen LogP contribution in [-0.2, 0) is 34.8 Å². The van der Waals surface area contributed by atoms with Gasteiger partial charge in [-0.1, -0.05) is 6.92 Å². The van der Waals surface area contributed by atoms with Gasteiger partial charge in [-0.3, -0.25) is 4.79 Å². The summed E-state index contributed by atoms with van der Waals surface area (Å²) in [6, 6.07) is 10.7. The van der Waals surface area contributed by atoms with Crippen molar-refractivity contribution in [1.29, 1.82) is 0 Å². The van der Waals surface area contributed by atoms with Crippen molar-refractivity contribution in [3.05, 3.63) is 86.7 Å². The summed E-state index contributed by atoms with van der Waals surface area (Å²) in [6.45, 7) is 2.15. The summed E-state index contributed by atoms with van der Waals surface area (Å²) in [7, 11) is 0. The zero-order valence-electron chi connectivity index (χ0n) is 20.3. The standard InChI is InChI=1S/C28H21F2N3O5/c1-2-28(36)19-9-23-25-14(10-33(23)26(34)18(19)12-37-27(28)35)7-16-17-11-32(22-5-3-15(29)8-20(22)30)13-38-24(17)6-4-21(16)31-25/h3-9,36H,2,10-13H2,1H3/t28-/m0/s1. The number of hydrogen-bond acceptors (Lipinski definition) is 7. The maximum Gasteiger partial charge on any atom is 0.343 e. The van der Waals surface area contributed by atoms with Crippen molar-refractivity contribution >= 4 is 22.6 Å². The molecular weight excluding hydrogens is 496 g/mol. The highest BCUT2D eigenvalue weighted by Crippen LogP contribution is 2.41. The van der Waals surface area contributed by atoms with Crippen LogP contribution < -0.4 is 15.2 Å². The number of carbonyl (C=O) groups is 1. The number of hydrogen-bond donors (Lipinski definition) is 1. The van der Waals surface area contributed by atoms with Crippen LogP contribution in [-0.4, -0.2) is 27.4 Å². The smallest absolute Gasteiger partial charge is 0.343 e. The van der Waals surface area contributed by atoms with Crippen LogP contribution in [0.25, 0.3) is 22.3 Å². The van der Waals surface area contributed by atoms with Gasteiger partial charge in [0.2, 0.25) is 0 Å². The van der Waals surface area contributed by atoms with E-state index in [1.165, 1.54) is 12.1 Å². The summed E-state index contributed by atoms with van der Waals surface area (Å²) in [4.78, 5) is 32.3. The van der Waals surface area contributed by atoms with Crippen molar-refractivity contribution in [1.82, 2.24) is 9.55 Å². The summed E-state index contributed by atoms with van der Waals surface area (Å²) in [5.41, 5.74) is 1.89. The van der Waals surface area contributed by atoms with E-state index in [1.54, 1.807) is 28.5 Å². The lowest BCUT2D eigenvalue weighted by Gasteiger charge is -2.32. The van der Waals surface area contributed by atoms with E-state index in [0.717, 1.165) is 22.6 Å². The number of aliphatic hydroxyl groups is 1. The minimum Gasteiger partial charge on any atom is -0.473 e. The minimum atomic E-state index is -1.89. The fourth-order valence-electron chi connectivity index (χ4n) is 5.67. The lowest BCUT2D eigenvalue weighted by molar-refractivity contribution is -0.172. The Kier molecular flexibility index (Phi) is 4.72. The second-order valence-electron chi connectivity index (χ2n) is 9.78. The van der Waals surface area contributed by atoms with E-state index in [9.17, 15) is 23.5 Å². The summed E-state index contributed by atoms with van der Waals surface area (Å²) >= 11 is 0. The van der Waals surface area contributed by atoms with Gasteiger partial charge in [-0.2, -0.15) is 0 Å². The number of rotatable bonds is 2. The first-order chi connectivity index (χ1) is 18.3. The molecule has 2 aromatic heterocycles. The predicted octanol–water partition coefficient (Wildman–Crippen LogP) is 3.71. The van der Waals surface area contributed by atoms with E-state index >= 15 is 0 Å². The highest BCUT2D eigenvalue weighted by molar-refractivity contribution is 5.90. The molecule has 1 N–H and O–H groups in total. The number of pyridine rings is 2. The maximum absolute atomic E-state index is 14.5. The molecule has 4 aromatic rings. The van der Waals surface area contributed by atoms with Gasteiger partial charge < -0.3 is 24.0 Å². The van der Waals surface area contributed by atoms with Gasteiger partial charge in [0.25, 0.3) is 5.56 Å². The SMILES string of the molecule is CC[C@@]1(O)C(=O)OCc2c1cc1n(c2=O)Cc2cc3c4c(ccc3nc2-1)OCN(c1ccc(F)cc1F)C4. The number of fused-ring (bicyclic) bond motifs is 7. The molecule has 3 aliphatic rings. The monoisotopic (exact) mass is 517 g/mol. The van der Waals surface area contributed by atoms with E-state index in [2.05, 4.69) is 0 Å². The van der Waals surface area contributed by atoms with Gasteiger partial charge in [-0.15, -0.1) is 0 Å². The fourth-order valence-corrected chi connectivity index (χ4v) is 5.67. The molecule has 7 rings (SSSR count). The van der Waals surface area contributed by atoms with Crippen LogP contribution in [0.15, 0.2) is 47.3 Å². The second kappa shape index (κ2) is 7.84. The number of anilines is 1. The quantitative estimate of drug-likeness (QED) is 0.357. The largest absolute Gasteiger partial charge is 0.473 e. The summed E-state index contributed by atoms with van der Waals surface area (Å²) < 4.78 is 40.6. The van der Waals surface area contributed by atoms with E-state index in [-0.39, 0.29) is 48.7 Å². The van der Waals surface area contributed by atoms with E-state index in [0.29, 0.717) is 29.2 Å². The molecule has 10 heteroatoms. The van der Waals surface area contributed by atoms with Crippen molar-refractivity contribution in [3.63, 3.8) is 0 Å². The molecule has 3 aliphatic heterocycles. The highest BCUT2D eigenvalue weighted by Gasteiger charge is 2.45. The second-order valence-corrected chi connectivity index (χ2v) is 9.78. The van der Waals surface area contributed by atoms with Crippen LogP contribution in [0, 0.1) is 11.6 Å². The van der Waals surface area contributed by atoms with Gasteiger partial charge in [0, 0.05) is 28.1 Å². The van der Waals surface area contributed by atoms with Gasteiger partial charge in [-0.25, -0.2) is 18.6 Å². The first-order valence-corrected chi connectivity index (χ1v) is 12.2. The van der Waals surface area contributed by atoms with Crippen molar-refractivity contribution < 1.29 is 28.2 Å². The Morgan fingerprint density at radius 2 is 1.89 bits per heavy atom. The lowest BCUT2D eigenvalue weighted by Crippen LogP contribution is -2.44. The third-order valence-corrected chi connectivity index (χ3v) is 7.74. The molecule has 0 bridgehead atoms. The molecule has 38 heavy (non-hydrogen) atoms. The third-order valence-electron chi connectivity index (χ3n) is 7.74. The Bertz CT molecular complexity index is 1770. The Hall–Kier alpha value is -4.31. The molecule has 5 heterocycles. The van der Waals surface area contributed by atoms with Gasteiger partial charge in [0.15, 0.2) is 12.3 Å². The van der Waals surface area contributed by atoms with Crippen LogP contribution >= 0.6 is 0 Å². The molecule has 0 spiro atoms. The summed E-state index contributed by atoms with van der Waals surface area (Å²) in [5, 5.41) is 11.8. The summed E-state index contributed by atoms with van der Waals surface area (Å²) in [6.07, 6.45) is 0.0665. The van der Waals surface area contributed by atoms with Gasteiger partial charge in [0.05, 0.1) is 41.2 Å². The lowest BCUT2D eigenvalue weighted by atomic mass is 9.86. The summed E-state index contributed by atoms with van der Waals surface area (Å²) in [5.74, 6) is -1.45.